The molecule has 1 aliphatic heterocycles. The number of aliphatic hydroxyl groups excluding tert-OH is 1. The van der Waals surface area contributed by atoms with Crippen LogP contribution in [0.3, 0.4) is 0 Å². The summed E-state index contributed by atoms with van der Waals surface area (Å²) in [4.78, 5) is 21.4. The van der Waals surface area contributed by atoms with Gasteiger partial charge < -0.3 is 30.3 Å². The van der Waals surface area contributed by atoms with E-state index in [1.807, 2.05) is 18.2 Å². The lowest BCUT2D eigenvalue weighted by molar-refractivity contribution is 0.201. The maximum atomic E-state index is 12.8. The van der Waals surface area contributed by atoms with Crippen molar-refractivity contribution in [1.82, 2.24) is 9.88 Å². The van der Waals surface area contributed by atoms with Crippen LogP contribution in [0.5, 0.6) is 5.75 Å². The van der Waals surface area contributed by atoms with E-state index in [-0.39, 0.29) is 19.2 Å². The van der Waals surface area contributed by atoms with Gasteiger partial charge in [0.2, 0.25) is 0 Å². The number of ether oxygens (including phenoxy) is 1. The first-order chi connectivity index (χ1) is 17.6. The molecule has 0 saturated carbocycles. The van der Waals surface area contributed by atoms with E-state index >= 15 is 0 Å². The number of anilines is 4. The van der Waals surface area contributed by atoms with Crippen LogP contribution in [0.4, 0.5) is 27.0 Å². The minimum atomic E-state index is -0.184. The Hall–Kier alpha value is -3.53. The summed E-state index contributed by atoms with van der Waals surface area (Å²) in [5, 5.41) is 16.4. The fourth-order valence-corrected chi connectivity index (χ4v) is 5.12. The van der Waals surface area contributed by atoms with E-state index in [2.05, 4.69) is 50.8 Å². The number of thiazole rings is 1. The monoisotopic (exact) mass is 523 g/mol. The first-order valence-electron chi connectivity index (χ1n) is 11.7. The van der Waals surface area contributed by atoms with Crippen molar-refractivity contribution in [3.05, 3.63) is 71.8 Å². The number of benzene rings is 3. The summed E-state index contributed by atoms with van der Waals surface area (Å²) in [6.45, 7) is 2.79. The first-order valence-corrected chi connectivity index (χ1v) is 12.9. The Morgan fingerprint density at radius 3 is 2.56 bits per heavy atom. The summed E-state index contributed by atoms with van der Waals surface area (Å²) in [7, 11) is 0. The fraction of sp³-hybridized carbons (Fsp3) is 0.231. The van der Waals surface area contributed by atoms with Crippen LogP contribution in [-0.4, -0.2) is 60.4 Å². The molecule has 2 amide bonds. The molecule has 10 heteroatoms. The van der Waals surface area contributed by atoms with Crippen molar-refractivity contribution in [2.24, 2.45) is 0 Å². The predicted molar refractivity (Wildman–Crippen MR) is 146 cm³/mol. The lowest BCUT2D eigenvalue weighted by atomic mass is 10.2. The van der Waals surface area contributed by atoms with Crippen molar-refractivity contribution < 1.29 is 14.6 Å². The Morgan fingerprint density at radius 2 is 1.83 bits per heavy atom. The van der Waals surface area contributed by atoms with Crippen LogP contribution in [0.25, 0.3) is 10.2 Å². The van der Waals surface area contributed by atoms with Gasteiger partial charge in [-0.25, -0.2) is 9.78 Å². The average molecular weight is 524 g/mol. The summed E-state index contributed by atoms with van der Waals surface area (Å²) in [5.74, 6) is 0.543. The molecule has 8 nitrogen and oxygen atoms in total. The highest BCUT2D eigenvalue weighted by atomic mass is 35.5. The highest BCUT2D eigenvalue weighted by Gasteiger charge is 2.22. The summed E-state index contributed by atoms with van der Waals surface area (Å²) in [6, 6.07) is 21.2. The maximum Gasteiger partial charge on any atom is 0.322 e. The van der Waals surface area contributed by atoms with Gasteiger partial charge in [-0.3, -0.25) is 0 Å². The standard InChI is InChI=1S/C26H26ClN5O3S/c27-21-17-20(35-16-15-33)9-10-22(21)30-26(34)32-13-11-31(12-14-32)19-7-5-18(6-8-19)28-25-29-23-3-1-2-4-24(23)36-25/h1-10,17,33H,11-16H2,(H,28,29)(H,30,34). The van der Waals surface area contributed by atoms with Gasteiger partial charge in [0.25, 0.3) is 0 Å². The number of hydrogen-bond donors (Lipinski definition) is 3. The Balaban J connectivity index is 1.13. The molecule has 186 valence electrons. The fourth-order valence-electron chi connectivity index (χ4n) is 4.02. The minimum Gasteiger partial charge on any atom is -0.491 e. The number of nitrogens with zero attached hydrogens (tertiary/aromatic N) is 3. The summed E-state index contributed by atoms with van der Waals surface area (Å²) < 4.78 is 6.50. The van der Waals surface area contributed by atoms with Gasteiger partial charge in [0.1, 0.15) is 12.4 Å². The molecule has 5 rings (SSSR count). The molecular weight excluding hydrogens is 498 g/mol. The number of piperazine rings is 1. The number of fused-ring (bicyclic) bond motifs is 1. The topological polar surface area (TPSA) is 90.0 Å². The smallest absolute Gasteiger partial charge is 0.322 e. The average Bonchev–Trinajstić information content (AvgIpc) is 3.32. The third kappa shape index (κ3) is 5.64. The van der Waals surface area contributed by atoms with Gasteiger partial charge in [0, 0.05) is 43.6 Å². The highest BCUT2D eigenvalue weighted by molar-refractivity contribution is 7.22. The normalized spacial score (nSPS) is 13.6. The van der Waals surface area contributed by atoms with Crippen LogP contribution in [0, 0.1) is 0 Å². The van der Waals surface area contributed by atoms with Gasteiger partial charge in [0.05, 0.1) is 27.5 Å². The van der Waals surface area contributed by atoms with E-state index in [9.17, 15) is 4.79 Å². The molecule has 0 radical (unpaired) electrons. The van der Waals surface area contributed by atoms with Crippen molar-refractivity contribution in [3.63, 3.8) is 0 Å². The minimum absolute atomic E-state index is 0.0761. The number of nitrogens with one attached hydrogen (secondary N) is 2. The zero-order valence-corrected chi connectivity index (χ0v) is 21.1. The van der Waals surface area contributed by atoms with Gasteiger partial charge in [0.15, 0.2) is 5.13 Å². The number of carbonyl (C=O) groups is 1. The van der Waals surface area contributed by atoms with E-state index in [0.717, 1.165) is 39.8 Å². The molecular formula is C26H26ClN5O3S. The Bertz CT molecular complexity index is 1310. The van der Waals surface area contributed by atoms with Gasteiger partial charge in [-0.2, -0.15) is 0 Å². The SMILES string of the molecule is O=C(Nc1ccc(OCCO)cc1Cl)N1CCN(c2ccc(Nc3nc4ccccc4s3)cc2)CC1. The Labute approximate surface area is 218 Å². The zero-order chi connectivity index (χ0) is 24.9. The molecule has 2 heterocycles. The summed E-state index contributed by atoms with van der Waals surface area (Å²) >= 11 is 7.92. The quantitative estimate of drug-likeness (QED) is 0.300. The van der Waals surface area contributed by atoms with Crippen LogP contribution >= 0.6 is 22.9 Å². The molecule has 4 aromatic rings. The number of amides is 2. The second-order valence-electron chi connectivity index (χ2n) is 8.28. The number of para-hydroxylation sites is 1. The van der Waals surface area contributed by atoms with Crippen LogP contribution in [-0.2, 0) is 0 Å². The number of carbonyl (C=O) groups excluding carboxylic acids is 1. The Kier molecular flexibility index (Phi) is 7.41. The third-order valence-electron chi connectivity index (χ3n) is 5.89. The lowest BCUT2D eigenvalue weighted by Gasteiger charge is -2.36. The van der Waals surface area contributed by atoms with Gasteiger partial charge in [-0.15, -0.1) is 0 Å². The van der Waals surface area contributed by atoms with Gasteiger partial charge >= 0.3 is 6.03 Å². The van der Waals surface area contributed by atoms with E-state index in [4.69, 9.17) is 21.4 Å². The van der Waals surface area contributed by atoms with Crippen molar-refractivity contribution in [2.75, 3.05) is 54.9 Å². The molecule has 1 aromatic heterocycles. The molecule has 3 aromatic carbocycles. The molecule has 1 aliphatic rings. The number of hydrogen-bond acceptors (Lipinski definition) is 7. The molecule has 0 bridgehead atoms. The summed E-state index contributed by atoms with van der Waals surface area (Å²) in [6.07, 6.45) is 0. The molecule has 36 heavy (non-hydrogen) atoms. The molecule has 0 aliphatic carbocycles. The lowest BCUT2D eigenvalue weighted by Crippen LogP contribution is -2.50. The van der Waals surface area contributed by atoms with Crippen LogP contribution in [0.2, 0.25) is 5.02 Å². The molecule has 0 spiro atoms. The van der Waals surface area contributed by atoms with Crippen molar-refractivity contribution in [1.29, 1.82) is 0 Å². The first kappa shape index (κ1) is 24.2. The van der Waals surface area contributed by atoms with Crippen molar-refractivity contribution >= 4 is 61.4 Å². The molecule has 3 N–H and O–H groups in total. The van der Waals surface area contributed by atoms with Gasteiger partial charge in [-0.1, -0.05) is 35.1 Å². The number of urea groups is 1. The second-order valence-corrected chi connectivity index (χ2v) is 9.71. The van der Waals surface area contributed by atoms with E-state index in [1.165, 1.54) is 0 Å². The number of aliphatic hydroxyl groups is 1. The third-order valence-corrected chi connectivity index (χ3v) is 7.15. The molecule has 1 fully saturated rings. The Morgan fingerprint density at radius 1 is 1.06 bits per heavy atom. The van der Waals surface area contributed by atoms with E-state index < -0.39 is 0 Å². The van der Waals surface area contributed by atoms with Crippen molar-refractivity contribution in [2.45, 2.75) is 0 Å². The number of halogens is 1. The van der Waals surface area contributed by atoms with E-state index in [0.29, 0.717) is 29.5 Å². The highest BCUT2D eigenvalue weighted by Crippen LogP contribution is 2.30. The maximum absolute atomic E-state index is 12.8. The predicted octanol–water partition coefficient (Wildman–Crippen LogP) is 5.42. The zero-order valence-electron chi connectivity index (χ0n) is 19.5. The number of aromatic nitrogens is 1. The summed E-state index contributed by atoms with van der Waals surface area (Å²) in [5.41, 5.74) is 3.62. The van der Waals surface area contributed by atoms with Crippen LogP contribution in [0.15, 0.2) is 66.7 Å². The van der Waals surface area contributed by atoms with Gasteiger partial charge in [-0.05, 0) is 48.5 Å². The molecule has 0 atom stereocenters. The molecule has 1 saturated heterocycles. The van der Waals surface area contributed by atoms with Crippen LogP contribution in [0.1, 0.15) is 0 Å². The molecule has 0 unspecified atom stereocenters. The largest absolute Gasteiger partial charge is 0.491 e. The second kappa shape index (κ2) is 11.0. The number of rotatable bonds is 7. The van der Waals surface area contributed by atoms with Crippen LogP contribution < -0.4 is 20.3 Å². The van der Waals surface area contributed by atoms with Crippen molar-refractivity contribution in [3.8, 4) is 5.75 Å². The van der Waals surface area contributed by atoms with E-state index in [1.54, 1.807) is 34.4 Å².